The fraction of sp³-hybridized carbons (Fsp3) is 1.00. The molecule has 1 aliphatic carbocycles. The molecule has 3 unspecified atom stereocenters. The SMILES string of the molecule is CC1CCC(CN)(N2CCN3CCCC3C2)C1. The highest BCUT2D eigenvalue weighted by atomic mass is 15.3. The maximum absolute atomic E-state index is 6.14. The summed E-state index contributed by atoms with van der Waals surface area (Å²) in [6.45, 7) is 8.41. The minimum Gasteiger partial charge on any atom is -0.329 e. The van der Waals surface area contributed by atoms with Gasteiger partial charge in [-0.2, -0.15) is 0 Å². The Morgan fingerprint density at radius 2 is 2.12 bits per heavy atom. The Labute approximate surface area is 105 Å². The largest absolute Gasteiger partial charge is 0.329 e. The van der Waals surface area contributed by atoms with Gasteiger partial charge in [0.15, 0.2) is 0 Å². The molecule has 0 radical (unpaired) electrons. The van der Waals surface area contributed by atoms with Crippen molar-refractivity contribution in [2.24, 2.45) is 11.7 Å². The Bertz CT molecular complexity index is 281. The minimum absolute atomic E-state index is 0.355. The minimum atomic E-state index is 0.355. The topological polar surface area (TPSA) is 32.5 Å². The molecular formula is C14H27N3. The quantitative estimate of drug-likeness (QED) is 0.785. The summed E-state index contributed by atoms with van der Waals surface area (Å²) in [5.74, 6) is 0.875. The van der Waals surface area contributed by atoms with E-state index < -0.39 is 0 Å². The first kappa shape index (κ1) is 11.9. The normalized spacial score (nSPS) is 44.1. The Morgan fingerprint density at radius 1 is 1.24 bits per heavy atom. The lowest BCUT2D eigenvalue weighted by Gasteiger charge is -2.47. The highest BCUT2D eigenvalue weighted by molar-refractivity contribution is 5.01. The summed E-state index contributed by atoms with van der Waals surface area (Å²) in [5, 5.41) is 0. The molecule has 3 nitrogen and oxygen atoms in total. The second-order valence-electron chi connectivity index (χ2n) is 6.55. The van der Waals surface area contributed by atoms with E-state index in [4.69, 9.17) is 5.73 Å². The monoisotopic (exact) mass is 237 g/mol. The van der Waals surface area contributed by atoms with Crippen LogP contribution in [0.2, 0.25) is 0 Å². The van der Waals surface area contributed by atoms with E-state index >= 15 is 0 Å². The third-order valence-electron chi connectivity index (χ3n) is 5.47. The van der Waals surface area contributed by atoms with Crippen molar-refractivity contribution in [3.8, 4) is 0 Å². The molecule has 3 aliphatic rings. The molecule has 0 aromatic carbocycles. The lowest BCUT2D eigenvalue weighted by Crippen LogP contribution is -2.61. The molecule has 2 saturated heterocycles. The van der Waals surface area contributed by atoms with Crippen LogP contribution in [-0.2, 0) is 0 Å². The number of hydrogen-bond donors (Lipinski definition) is 1. The van der Waals surface area contributed by atoms with Crippen LogP contribution < -0.4 is 5.73 Å². The summed E-state index contributed by atoms with van der Waals surface area (Å²) >= 11 is 0. The van der Waals surface area contributed by atoms with Gasteiger partial charge in [0.1, 0.15) is 0 Å². The van der Waals surface area contributed by atoms with Gasteiger partial charge in [0, 0.05) is 37.8 Å². The summed E-state index contributed by atoms with van der Waals surface area (Å²) in [6.07, 6.45) is 6.85. The average Bonchev–Trinajstić information content (AvgIpc) is 2.94. The Kier molecular flexibility index (Phi) is 3.18. The number of nitrogens with zero attached hydrogens (tertiary/aromatic N) is 2. The zero-order valence-corrected chi connectivity index (χ0v) is 11.2. The molecule has 17 heavy (non-hydrogen) atoms. The molecule has 0 spiro atoms. The zero-order chi connectivity index (χ0) is 11.9. The molecule has 3 rings (SSSR count). The van der Waals surface area contributed by atoms with Crippen LogP contribution in [0.1, 0.15) is 39.0 Å². The predicted octanol–water partition coefficient (Wildman–Crippen LogP) is 1.28. The van der Waals surface area contributed by atoms with E-state index in [1.54, 1.807) is 0 Å². The van der Waals surface area contributed by atoms with Crippen molar-refractivity contribution in [1.82, 2.24) is 9.80 Å². The molecule has 0 amide bonds. The van der Waals surface area contributed by atoms with E-state index in [9.17, 15) is 0 Å². The molecule has 2 heterocycles. The number of nitrogens with two attached hydrogens (primary N) is 1. The van der Waals surface area contributed by atoms with Gasteiger partial charge in [-0.3, -0.25) is 9.80 Å². The highest BCUT2D eigenvalue weighted by Crippen LogP contribution is 2.40. The van der Waals surface area contributed by atoms with Crippen LogP contribution in [0.25, 0.3) is 0 Å². The van der Waals surface area contributed by atoms with Gasteiger partial charge in [0.2, 0.25) is 0 Å². The standard InChI is InChI=1S/C14H27N3/c1-12-4-5-14(9-12,11-15)17-8-7-16-6-2-3-13(16)10-17/h12-13H,2-11,15H2,1H3. The predicted molar refractivity (Wildman–Crippen MR) is 71.0 cm³/mol. The van der Waals surface area contributed by atoms with Gasteiger partial charge in [0.25, 0.3) is 0 Å². The molecule has 2 aliphatic heterocycles. The van der Waals surface area contributed by atoms with E-state index in [-0.39, 0.29) is 0 Å². The average molecular weight is 237 g/mol. The Hall–Kier alpha value is -0.120. The summed E-state index contributed by atoms with van der Waals surface area (Å²) in [6, 6.07) is 0.836. The van der Waals surface area contributed by atoms with Crippen molar-refractivity contribution in [3.63, 3.8) is 0 Å². The van der Waals surface area contributed by atoms with Crippen LogP contribution >= 0.6 is 0 Å². The van der Waals surface area contributed by atoms with Gasteiger partial charge in [-0.1, -0.05) is 6.92 Å². The van der Waals surface area contributed by atoms with Crippen LogP contribution in [-0.4, -0.2) is 54.1 Å². The van der Waals surface area contributed by atoms with Gasteiger partial charge in [0.05, 0.1) is 0 Å². The second-order valence-corrected chi connectivity index (χ2v) is 6.55. The molecular weight excluding hydrogens is 210 g/mol. The van der Waals surface area contributed by atoms with Gasteiger partial charge < -0.3 is 5.73 Å². The summed E-state index contributed by atoms with van der Waals surface area (Å²) < 4.78 is 0. The van der Waals surface area contributed by atoms with E-state index in [2.05, 4.69) is 16.7 Å². The first-order chi connectivity index (χ1) is 8.23. The summed E-state index contributed by atoms with van der Waals surface area (Å²) in [4.78, 5) is 5.45. The third kappa shape index (κ3) is 2.02. The molecule has 0 aromatic heterocycles. The number of hydrogen-bond acceptors (Lipinski definition) is 3. The molecule has 3 heteroatoms. The first-order valence-corrected chi connectivity index (χ1v) is 7.43. The fourth-order valence-corrected chi connectivity index (χ4v) is 4.39. The van der Waals surface area contributed by atoms with Crippen molar-refractivity contribution < 1.29 is 0 Å². The number of piperazine rings is 1. The Balaban J connectivity index is 1.71. The van der Waals surface area contributed by atoms with E-state index in [1.807, 2.05) is 0 Å². The van der Waals surface area contributed by atoms with E-state index in [0.717, 1.165) is 18.5 Å². The lowest BCUT2D eigenvalue weighted by atomic mass is 9.92. The van der Waals surface area contributed by atoms with Crippen LogP contribution in [0.15, 0.2) is 0 Å². The molecule has 1 saturated carbocycles. The van der Waals surface area contributed by atoms with Crippen molar-refractivity contribution in [2.75, 3.05) is 32.7 Å². The van der Waals surface area contributed by atoms with Crippen LogP contribution in [0.4, 0.5) is 0 Å². The Morgan fingerprint density at radius 3 is 2.82 bits per heavy atom. The number of fused-ring (bicyclic) bond motifs is 1. The van der Waals surface area contributed by atoms with Crippen molar-refractivity contribution >= 4 is 0 Å². The second kappa shape index (κ2) is 4.52. The highest BCUT2D eigenvalue weighted by Gasteiger charge is 2.44. The third-order valence-corrected chi connectivity index (χ3v) is 5.47. The van der Waals surface area contributed by atoms with Crippen LogP contribution in [0.5, 0.6) is 0 Å². The first-order valence-electron chi connectivity index (χ1n) is 7.43. The molecule has 3 atom stereocenters. The van der Waals surface area contributed by atoms with Crippen molar-refractivity contribution in [3.05, 3.63) is 0 Å². The molecule has 98 valence electrons. The van der Waals surface area contributed by atoms with Crippen LogP contribution in [0, 0.1) is 5.92 Å². The maximum Gasteiger partial charge on any atom is 0.0335 e. The maximum atomic E-state index is 6.14. The zero-order valence-electron chi connectivity index (χ0n) is 11.2. The van der Waals surface area contributed by atoms with Crippen molar-refractivity contribution in [1.29, 1.82) is 0 Å². The summed E-state index contributed by atoms with van der Waals surface area (Å²) in [7, 11) is 0. The van der Waals surface area contributed by atoms with Crippen LogP contribution in [0.3, 0.4) is 0 Å². The van der Waals surface area contributed by atoms with E-state index in [0.29, 0.717) is 5.54 Å². The summed E-state index contributed by atoms with van der Waals surface area (Å²) in [5.41, 5.74) is 6.50. The molecule has 0 aromatic rings. The van der Waals surface area contributed by atoms with E-state index in [1.165, 1.54) is 58.3 Å². The van der Waals surface area contributed by atoms with Crippen molar-refractivity contribution in [2.45, 2.75) is 50.6 Å². The van der Waals surface area contributed by atoms with Gasteiger partial charge in [-0.25, -0.2) is 0 Å². The molecule has 3 fully saturated rings. The van der Waals surface area contributed by atoms with Gasteiger partial charge in [-0.15, -0.1) is 0 Å². The number of rotatable bonds is 2. The van der Waals surface area contributed by atoms with Gasteiger partial charge >= 0.3 is 0 Å². The smallest absolute Gasteiger partial charge is 0.0335 e. The fourth-order valence-electron chi connectivity index (χ4n) is 4.39. The molecule has 2 N–H and O–H groups in total. The molecule has 0 bridgehead atoms. The lowest BCUT2D eigenvalue weighted by molar-refractivity contribution is 0.0194. The van der Waals surface area contributed by atoms with Gasteiger partial charge in [-0.05, 0) is 44.6 Å².